The minimum absolute atomic E-state index is 0.129. The molecule has 7 heteroatoms. The fourth-order valence-corrected chi connectivity index (χ4v) is 2.46. The second-order valence-electron chi connectivity index (χ2n) is 5.96. The third kappa shape index (κ3) is 4.93. The number of anilines is 4. The standard InChI is InChI=1S/C21H17N5O2/c1-14(27)24-17-6-8-18(9-7-17)25-20-10-5-16(13-23-20)21(28)26-19-4-2-3-15(11-19)12-22/h2-11,13H,1H3,(H,23,25)(H,24,27)(H,26,28). The monoisotopic (exact) mass is 371 g/mol. The molecular weight excluding hydrogens is 354 g/mol. The zero-order valence-electron chi connectivity index (χ0n) is 15.1. The predicted octanol–water partition coefficient (Wildman–Crippen LogP) is 3.91. The van der Waals surface area contributed by atoms with E-state index in [0.717, 1.165) is 5.69 Å². The molecule has 0 aliphatic carbocycles. The number of pyridine rings is 1. The topological polar surface area (TPSA) is 107 Å². The van der Waals surface area contributed by atoms with E-state index in [-0.39, 0.29) is 11.8 Å². The first-order chi connectivity index (χ1) is 13.5. The molecule has 7 nitrogen and oxygen atoms in total. The van der Waals surface area contributed by atoms with Crippen LogP contribution in [0.2, 0.25) is 0 Å². The van der Waals surface area contributed by atoms with Gasteiger partial charge < -0.3 is 16.0 Å². The molecule has 0 aliphatic rings. The summed E-state index contributed by atoms with van der Waals surface area (Å²) in [7, 11) is 0. The first-order valence-corrected chi connectivity index (χ1v) is 8.46. The summed E-state index contributed by atoms with van der Waals surface area (Å²) in [6, 6.07) is 19.3. The molecule has 0 unspecified atom stereocenters. The molecular formula is C21H17N5O2. The summed E-state index contributed by atoms with van der Waals surface area (Å²) in [4.78, 5) is 27.6. The number of amides is 2. The van der Waals surface area contributed by atoms with Crippen LogP contribution in [0.15, 0.2) is 66.9 Å². The van der Waals surface area contributed by atoms with Crippen molar-refractivity contribution < 1.29 is 9.59 Å². The van der Waals surface area contributed by atoms with E-state index in [9.17, 15) is 9.59 Å². The normalized spacial score (nSPS) is 9.86. The lowest BCUT2D eigenvalue weighted by Gasteiger charge is -2.09. The van der Waals surface area contributed by atoms with Gasteiger partial charge in [-0.05, 0) is 54.6 Å². The van der Waals surface area contributed by atoms with Gasteiger partial charge in [0.15, 0.2) is 0 Å². The predicted molar refractivity (Wildman–Crippen MR) is 107 cm³/mol. The zero-order chi connectivity index (χ0) is 19.9. The fourth-order valence-electron chi connectivity index (χ4n) is 2.46. The number of nitrogens with zero attached hydrogens (tertiary/aromatic N) is 2. The lowest BCUT2D eigenvalue weighted by atomic mass is 10.2. The molecule has 3 N–H and O–H groups in total. The smallest absolute Gasteiger partial charge is 0.257 e. The number of rotatable bonds is 5. The van der Waals surface area contributed by atoms with Gasteiger partial charge >= 0.3 is 0 Å². The molecule has 1 heterocycles. The van der Waals surface area contributed by atoms with Gasteiger partial charge in [-0.2, -0.15) is 5.26 Å². The number of carbonyl (C=O) groups is 2. The highest BCUT2D eigenvalue weighted by atomic mass is 16.2. The second-order valence-corrected chi connectivity index (χ2v) is 5.96. The van der Waals surface area contributed by atoms with Gasteiger partial charge in [-0.15, -0.1) is 0 Å². The van der Waals surface area contributed by atoms with Crippen LogP contribution in [0.5, 0.6) is 0 Å². The summed E-state index contributed by atoms with van der Waals surface area (Å²) in [5.74, 6) is 0.139. The molecule has 3 aromatic rings. The van der Waals surface area contributed by atoms with Crippen LogP contribution in [0.3, 0.4) is 0 Å². The molecule has 0 spiro atoms. The summed E-state index contributed by atoms with van der Waals surface area (Å²) in [5, 5.41) is 17.5. The molecule has 28 heavy (non-hydrogen) atoms. The van der Waals surface area contributed by atoms with Crippen LogP contribution in [-0.2, 0) is 4.79 Å². The van der Waals surface area contributed by atoms with E-state index in [1.54, 1.807) is 48.5 Å². The largest absolute Gasteiger partial charge is 0.340 e. The van der Waals surface area contributed by atoms with E-state index in [0.29, 0.717) is 28.3 Å². The van der Waals surface area contributed by atoms with E-state index in [1.165, 1.54) is 13.1 Å². The molecule has 0 saturated carbocycles. The van der Waals surface area contributed by atoms with Crippen molar-refractivity contribution in [3.05, 3.63) is 78.0 Å². The summed E-state index contributed by atoms with van der Waals surface area (Å²) in [6.07, 6.45) is 1.47. The number of benzene rings is 2. The molecule has 0 atom stereocenters. The average Bonchev–Trinajstić information content (AvgIpc) is 2.70. The summed E-state index contributed by atoms with van der Waals surface area (Å²) >= 11 is 0. The maximum atomic E-state index is 12.3. The Bertz CT molecular complexity index is 1040. The van der Waals surface area contributed by atoms with Gasteiger partial charge in [-0.3, -0.25) is 9.59 Å². The highest BCUT2D eigenvalue weighted by Crippen LogP contribution is 2.18. The van der Waals surface area contributed by atoms with Crippen LogP contribution in [0.25, 0.3) is 0 Å². The Morgan fingerprint density at radius 2 is 1.68 bits per heavy atom. The number of aromatic nitrogens is 1. The van der Waals surface area contributed by atoms with Gasteiger partial charge in [0.2, 0.25) is 5.91 Å². The maximum absolute atomic E-state index is 12.3. The van der Waals surface area contributed by atoms with Gasteiger partial charge in [0.1, 0.15) is 5.82 Å². The van der Waals surface area contributed by atoms with Crippen molar-refractivity contribution in [1.82, 2.24) is 4.98 Å². The fraction of sp³-hybridized carbons (Fsp3) is 0.0476. The van der Waals surface area contributed by atoms with Crippen molar-refractivity contribution in [3.8, 4) is 6.07 Å². The lowest BCUT2D eigenvalue weighted by Crippen LogP contribution is -2.12. The molecule has 3 rings (SSSR count). The molecule has 0 aliphatic heterocycles. The third-order valence-corrected chi connectivity index (χ3v) is 3.75. The zero-order valence-corrected chi connectivity index (χ0v) is 15.1. The van der Waals surface area contributed by atoms with E-state index in [1.807, 2.05) is 18.2 Å². The van der Waals surface area contributed by atoms with Crippen molar-refractivity contribution >= 4 is 34.7 Å². The molecule has 2 aromatic carbocycles. The molecule has 138 valence electrons. The van der Waals surface area contributed by atoms with Crippen molar-refractivity contribution in [2.75, 3.05) is 16.0 Å². The Morgan fingerprint density at radius 1 is 0.929 bits per heavy atom. The van der Waals surface area contributed by atoms with Crippen LogP contribution < -0.4 is 16.0 Å². The quantitative estimate of drug-likeness (QED) is 0.630. The van der Waals surface area contributed by atoms with Crippen molar-refractivity contribution in [3.63, 3.8) is 0 Å². The number of nitrogens with one attached hydrogen (secondary N) is 3. The first kappa shape index (κ1) is 18.6. The van der Waals surface area contributed by atoms with Crippen LogP contribution in [-0.4, -0.2) is 16.8 Å². The summed E-state index contributed by atoms with van der Waals surface area (Å²) in [5.41, 5.74) is 2.92. The van der Waals surface area contributed by atoms with Crippen molar-refractivity contribution in [2.45, 2.75) is 6.92 Å². The van der Waals surface area contributed by atoms with Crippen LogP contribution in [0.4, 0.5) is 22.9 Å². The molecule has 2 amide bonds. The van der Waals surface area contributed by atoms with Gasteiger partial charge in [-0.25, -0.2) is 4.98 Å². The molecule has 0 bridgehead atoms. The SMILES string of the molecule is CC(=O)Nc1ccc(Nc2ccc(C(=O)Nc3cccc(C#N)c3)cn2)cc1. The highest BCUT2D eigenvalue weighted by molar-refractivity contribution is 6.04. The van der Waals surface area contributed by atoms with Gasteiger partial charge in [0, 0.05) is 30.2 Å². The Labute approximate surface area is 162 Å². The summed E-state index contributed by atoms with van der Waals surface area (Å²) < 4.78 is 0. The maximum Gasteiger partial charge on any atom is 0.257 e. The van der Waals surface area contributed by atoms with E-state index < -0.39 is 0 Å². The molecule has 0 saturated heterocycles. The molecule has 1 aromatic heterocycles. The number of carbonyl (C=O) groups excluding carboxylic acids is 2. The molecule has 0 radical (unpaired) electrons. The van der Waals surface area contributed by atoms with Gasteiger partial charge in [0.05, 0.1) is 17.2 Å². The van der Waals surface area contributed by atoms with E-state index >= 15 is 0 Å². The Hall–Kier alpha value is -4.18. The van der Waals surface area contributed by atoms with E-state index in [2.05, 4.69) is 20.9 Å². The number of hydrogen-bond acceptors (Lipinski definition) is 5. The Kier molecular flexibility index (Phi) is 5.63. The minimum Gasteiger partial charge on any atom is -0.340 e. The van der Waals surface area contributed by atoms with Gasteiger partial charge in [-0.1, -0.05) is 6.07 Å². The van der Waals surface area contributed by atoms with Crippen molar-refractivity contribution in [2.24, 2.45) is 0 Å². The van der Waals surface area contributed by atoms with Gasteiger partial charge in [0.25, 0.3) is 5.91 Å². The summed E-state index contributed by atoms with van der Waals surface area (Å²) in [6.45, 7) is 1.45. The first-order valence-electron chi connectivity index (χ1n) is 8.46. The highest BCUT2D eigenvalue weighted by Gasteiger charge is 2.07. The van der Waals surface area contributed by atoms with Crippen molar-refractivity contribution in [1.29, 1.82) is 5.26 Å². The van der Waals surface area contributed by atoms with Crippen LogP contribution >= 0.6 is 0 Å². The minimum atomic E-state index is -0.311. The van der Waals surface area contributed by atoms with Crippen LogP contribution in [0.1, 0.15) is 22.8 Å². The second kappa shape index (κ2) is 8.47. The third-order valence-electron chi connectivity index (χ3n) is 3.75. The Balaban J connectivity index is 1.63. The number of hydrogen-bond donors (Lipinski definition) is 3. The lowest BCUT2D eigenvalue weighted by molar-refractivity contribution is -0.114. The molecule has 0 fully saturated rings. The van der Waals surface area contributed by atoms with Crippen LogP contribution in [0, 0.1) is 11.3 Å². The van der Waals surface area contributed by atoms with E-state index in [4.69, 9.17) is 5.26 Å². The average molecular weight is 371 g/mol. The Morgan fingerprint density at radius 3 is 2.32 bits per heavy atom. The number of nitriles is 1.